The highest BCUT2D eigenvalue weighted by atomic mass is 16.6. The van der Waals surface area contributed by atoms with Gasteiger partial charge in [-0.15, -0.1) is 0 Å². The maximum atomic E-state index is 12.1. The van der Waals surface area contributed by atoms with E-state index in [4.69, 9.17) is 4.74 Å². The molecule has 5 nitrogen and oxygen atoms in total. The van der Waals surface area contributed by atoms with Gasteiger partial charge in [-0.3, -0.25) is 0 Å². The van der Waals surface area contributed by atoms with Gasteiger partial charge in [-0.2, -0.15) is 0 Å². The summed E-state index contributed by atoms with van der Waals surface area (Å²) in [5.41, 5.74) is -1.28. The van der Waals surface area contributed by atoms with E-state index in [2.05, 4.69) is 0 Å². The number of carbonyl (C=O) groups is 2. The average Bonchev–Trinajstić information content (AvgIpc) is 2.46. The minimum Gasteiger partial charge on any atom is -0.550 e. The fourth-order valence-corrected chi connectivity index (χ4v) is 3.85. The first kappa shape index (κ1) is 17.1. The number of carbonyl (C=O) groups excluding carboxylic acids is 2. The van der Waals surface area contributed by atoms with Crippen LogP contribution in [0.4, 0.5) is 4.79 Å². The zero-order valence-electron chi connectivity index (χ0n) is 14.0. The van der Waals surface area contributed by atoms with Gasteiger partial charge >= 0.3 is 6.09 Å². The van der Waals surface area contributed by atoms with Crippen molar-refractivity contribution >= 4 is 12.1 Å². The van der Waals surface area contributed by atoms with Crippen molar-refractivity contribution in [3.8, 4) is 0 Å². The lowest BCUT2D eigenvalue weighted by molar-refractivity contribution is -0.325. The molecular weight excluding hydrogens is 282 g/mol. The molecule has 0 N–H and O–H groups in total. The van der Waals surface area contributed by atoms with Crippen LogP contribution in [0.25, 0.3) is 0 Å². The molecule has 2 fully saturated rings. The molecule has 1 aliphatic carbocycles. The first-order chi connectivity index (χ1) is 10.2. The monoisotopic (exact) mass is 310 g/mol. The number of hydrogen-bond acceptors (Lipinski definition) is 4. The molecule has 1 aliphatic heterocycles. The Hall–Kier alpha value is -1.26. The molecule has 2 aliphatic rings. The molecular formula is C17H28NO4-. The van der Waals surface area contributed by atoms with Crippen molar-refractivity contribution in [1.82, 2.24) is 4.90 Å². The molecule has 0 aromatic heterocycles. The van der Waals surface area contributed by atoms with Crippen molar-refractivity contribution in [3.63, 3.8) is 0 Å². The van der Waals surface area contributed by atoms with Crippen molar-refractivity contribution in [1.29, 1.82) is 0 Å². The molecule has 0 aromatic rings. The lowest BCUT2D eigenvalue weighted by atomic mass is 9.64. The van der Waals surface area contributed by atoms with E-state index in [1.54, 1.807) is 4.90 Å². The van der Waals surface area contributed by atoms with Crippen LogP contribution in [0, 0.1) is 11.3 Å². The van der Waals surface area contributed by atoms with Crippen molar-refractivity contribution in [2.24, 2.45) is 11.3 Å². The van der Waals surface area contributed by atoms with E-state index in [1.807, 2.05) is 20.8 Å². The van der Waals surface area contributed by atoms with E-state index in [1.165, 1.54) is 6.42 Å². The first-order valence-electron chi connectivity index (χ1n) is 8.44. The van der Waals surface area contributed by atoms with Gasteiger partial charge in [0.25, 0.3) is 0 Å². The average molecular weight is 310 g/mol. The first-order valence-corrected chi connectivity index (χ1v) is 8.44. The van der Waals surface area contributed by atoms with Gasteiger partial charge < -0.3 is 19.5 Å². The lowest BCUT2D eigenvalue weighted by Crippen LogP contribution is -2.55. The SMILES string of the molecule is CC(C)(C)OC(=O)N1CCC(C(=O)[O-])(C2CCCCC2)CC1. The van der Waals surface area contributed by atoms with Crippen LogP contribution in [0.5, 0.6) is 0 Å². The topological polar surface area (TPSA) is 69.7 Å². The Labute approximate surface area is 133 Å². The molecule has 0 radical (unpaired) electrons. The van der Waals surface area contributed by atoms with Crippen LogP contribution >= 0.6 is 0 Å². The van der Waals surface area contributed by atoms with Crippen LogP contribution in [-0.2, 0) is 9.53 Å². The maximum absolute atomic E-state index is 12.1. The Morgan fingerprint density at radius 1 is 1.09 bits per heavy atom. The van der Waals surface area contributed by atoms with Crippen LogP contribution in [-0.4, -0.2) is 35.7 Å². The van der Waals surface area contributed by atoms with Gasteiger partial charge in [0, 0.05) is 24.5 Å². The zero-order valence-corrected chi connectivity index (χ0v) is 14.0. The van der Waals surface area contributed by atoms with E-state index in [0.717, 1.165) is 25.7 Å². The second-order valence-corrected chi connectivity index (χ2v) is 7.75. The van der Waals surface area contributed by atoms with Crippen LogP contribution in [0.1, 0.15) is 65.7 Å². The van der Waals surface area contributed by atoms with Gasteiger partial charge in [0.2, 0.25) is 0 Å². The summed E-state index contributed by atoms with van der Waals surface area (Å²) in [6, 6.07) is 0. The van der Waals surface area contributed by atoms with Gasteiger partial charge in [0.15, 0.2) is 0 Å². The number of piperidine rings is 1. The maximum Gasteiger partial charge on any atom is 0.410 e. The minimum atomic E-state index is -0.928. The number of hydrogen-bond donors (Lipinski definition) is 0. The molecule has 1 saturated carbocycles. The number of carboxylic acids is 1. The van der Waals surface area contributed by atoms with E-state index in [-0.39, 0.29) is 12.0 Å². The number of aliphatic carboxylic acids is 1. The van der Waals surface area contributed by atoms with Crippen molar-refractivity contribution in [3.05, 3.63) is 0 Å². The summed E-state index contributed by atoms with van der Waals surface area (Å²) >= 11 is 0. The van der Waals surface area contributed by atoms with E-state index in [9.17, 15) is 14.7 Å². The number of nitrogens with zero attached hydrogens (tertiary/aromatic N) is 1. The highest BCUT2D eigenvalue weighted by molar-refractivity contribution is 5.74. The largest absolute Gasteiger partial charge is 0.550 e. The van der Waals surface area contributed by atoms with Gasteiger partial charge in [0.1, 0.15) is 5.60 Å². The van der Waals surface area contributed by atoms with Crippen molar-refractivity contribution in [2.75, 3.05) is 13.1 Å². The smallest absolute Gasteiger partial charge is 0.410 e. The van der Waals surface area contributed by atoms with Crippen molar-refractivity contribution < 1.29 is 19.4 Å². The highest BCUT2D eigenvalue weighted by Crippen LogP contribution is 2.45. The molecule has 0 spiro atoms. The number of carboxylic acid groups (broad SMARTS) is 1. The fraction of sp³-hybridized carbons (Fsp3) is 0.882. The summed E-state index contributed by atoms with van der Waals surface area (Å²) in [6.45, 7) is 6.39. The Balaban J connectivity index is 2.01. The Bertz CT molecular complexity index is 413. The number of ether oxygens (including phenoxy) is 1. The Morgan fingerprint density at radius 3 is 2.09 bits per heavy atom. The lowest BCUT2D eigenvalue weighted by Gasteiger charge is -2.48. The van der Waals surface area contributed by atoms with Crippen LogP contribution in [0.2, 0.25) is 0 Å². The third-order valence-electron chi connectivity index (χ3n) is 5.10. The fourth-order valence-electron chi connectivity index (χ4n) is 3.85. The standard InChI is InChI=1S/C17H29NO4/c1-16(2,3)22-15(21)18-11-9-17(10-12-18,14(19)20)13-7-5-4-6-8-13/h13H,4-12H2,1-3H3,(H,19,20)/p-1. The summed E-state index contributed by atoms with van der Waals surface area (Å²) < 4.78 is 5.38. The number of amides is 1. The molecule has 0 aromatic carbocycles. The summed E-state index contributed by atoms with van der Waals surface area (Å²) in [6.07, 6.45) is 5.98. The van der Waals surface area contributed by atoms with Crippen molar-refractivity contribution in [2.45, 2.75) is 71.3 Å². The third kappa shape index (κ3) is 3.73. The van der Waals surface area contributed by atoms with E-state index in [0.29, 0.717) is 25.9 Å². The summed E-state index contributed by atoms with van der Waals surface area (Å²) in [4.78, 5) is 25.6. The molecule has 126 valence electrons. The molecule has 22 heavy (non-hydrogen) atoms. The Morgan fingerprint density at radius 2 is 1.64 bits per heavy atom. The molecule has 1 amide bonds. The van der Waals surface area contributed by atoms with E-state index < -0.39 is 17.0 Å². The summed E-state index contributed by atoms with van der Waals surface area (Å²) in [7, 11) is 0. The van der Waals surface area contributed by atoms with Crippen LogP contribution in [0.15, 0.2) is 0 Å². The number of likely N-dealkylation sites (tertiary alicyclic amines) is 1. The molecule has 2 rings (SSSR count). The Kier molecular flexibility index (Phi) is 5.03. The third-order valence-corrected chi connectivity index (χ3v) is 5.10. The molecule has 0 bridgehead atoms. The predicted molar refractivity (Wildman–Crippen MR) is 81.1 cm³/mol. The zero-order chi connectivity index (χ0) is 16.4. The quantitative estimate of drug-likeness (QED) is 0.785. The van der Waals surface area contributed by atoms with E-state index >= 15 is 0 Å². The number of rotatable bonds is 2. The molecule has 1 saturated heterocycles. The van der Waals surface area contributed by atoms with Gasteiger partial charge in [-0.05, 0) is 52.4 Å². The second-order valence-electron chi connectivity index (χ2n) is 7.75. The second kappa shape index (κ2) is 6.47. The normalized spacial score (nSPS) is 23.1. The molecule has 1 heterocycles. The van der Waals surface area contributed by atoms with Gasteiger partial charge in [-0.25, -0.2) is 4.79 Å². The summed E-state index contributed by atoms with van der Waals surface area (Å²) in [5.74, 6) is -0.727. The van der Waals surface area contributed by atoms with Crippen LogP contribution in [0.3, 0.4) is 0 Å². The van der Waals surface area contributed by atoms with Gasteiger partial charge in [-0.1, -0.05) is 19.3 Å². The van der Waals surface area contributed by atoms with Gasteiger partial charge in [0.05, 0.1) is 0 Å². The molecule has 0 unspecified atom stereocenters. The van der Waals surface area contributed by atoms with Crippen LogP contribution < -0.4 is 5.11 Å². The highest BCUT2D eigenvalue weighted by Gasteiger charge is 2.44. The molecule has 5 heteroatoms. The summed E-state index contributed by atoms with van der Waals surface area (Å²) in [5, 5.41) is 11.8. The molecule has 0 atom stereocenters. The minimum absolute atomic E-state index is 0.201. The predicted octanol–water partition coefficient (Wildman–Crippen LogP) is 2.33.